The van der Waals surface area contributed by atoms with Crippen molar-refractivity contribution in [3.8, 4) is 0 Å². The first-order valence-electron chi connectivity index (χ1n) is 8.60. The molecule has 2 aliphatic rings. The Kier molecular flexibility index (Phi) is 4.37. The van der Waals surface area contributed by atoms with Gasteiger partial charge in [0.25, 0.3) is 0 Å². The minimum Gasteiger partial charge on any atom is -0.304 e. The van der Waals surface area contributed by atoms with Crippen LogP contribution in [0.3, 0.4) is 0 Å². The van der Waals surface area contributed by atoms with Gasteiger partial charge < -0.3 is 4.90 Å². The average Bonchev–Trinajstić information content (AvgIpc) is 2.73. The molecule has 0 aromatic heterocycles. The molecule has 2 aliphatic heterocycles. The fourth-order valence-corrected chi connectivity index (χ4v) is 4.84. The summed E-state index contributed by atoms with van der Waals surface area (Å²) in [6.45, 7) is 6.22. The Labute approximate surface area is 147 Å². The number of likely N-dealkylation sites (N-methyl/N-ethyl adjacent to an activating group) is 1. The van der Waals surface area contributed by atoms with E-state index in [4.69, 9.17) is 0 Å². The highest BCUT2D eigenvalue weighted by atomic mass is 32.2. The van der Waals surface area contributed by atoms with Crippen LogP contribution in [0.25, 0.3) is 0 Å². The van der Waals surface area contributed by atoms with Gasteiger partial charge in [-0.05, 0) is 49.2 Å². The lowest BCUT2D eigenvalue weighted by Crippen LogP contribution is -2.46. The van der Waals surface area contributed by atoms with E-state index in [1.165, 1.54) is 16.0 Å². The van der Waals surface area contributed by atoms with Crippen molar-refractivity contribution in [2.45, 2.75) is 29.2 Å². The summed E-state index contributed by atoms with van der Waals surface area (Å²) in [4.78, 5) is 7.30. The fourth-order valence-electron chi connectivity index (χ4n) is 3.70. The molecule has 0 radical (unpaired) electrons. The molecule has 2 aromatic carbocycles. The molecule has 0 unspecified atom stereocenters. The maximum absolute atomic E-state index is 14.2. The van der Waals surface area contributed by atoms with Gasteiger partial charge in [-0.25, -0.2) is 4.39 Å². The molecule has 0 N–H and O–H groups in total. The lowest BCUT2D eigenvalue weighted by molar-refractivity contribution is 0.110. The van der Waals surface area contributed by atoms with E-state index in [1.54, 1.807) is 17.8 Å². The molecule has 0 saturated carbocycles. The van der Waals surface area contributed by atoms with Gasteiger partial charge in [0.15, 0.2) is 0 Å². The lowest BCUT2D eigenvalue weighted by atomic mass is 9.95. The molecule has 0 aliphatic carbocycles. The molecule has 1 atom stereocenters. The second-order valence-electron chi connectivity index (χ2n) is 6.91. The molecule has 126 valence electrons. The number of nitrogens with zero attached hydrogens (tertiary/aromatic N) is 2. The van der Waals surface area contributed by atoms with Gasteiger partial charge in [-0.15, -0.1) is 0 Å². The highest BCUT2D eigenvalue weighted by molar-refractivity contribution is 7.99. The van der Waals surface area contributed by atoms with E-state index in [9.17, 15) is 4.39 Å². The SMILES string of the molecule is Cc1cc2c(cc1F)Sc1ccccc1C[C@H]2N1CCN(C)CC1. The second kappa shape index (κ2) is 6.51. The summed E-state index contributed by atoms with van der Waals surface area (Å²) in [5.41, 5.74) is 3.42. The molecule has 1 fully saturated rings. The minimum atomic E-state index is -0.0993. The Balaban J connectivity index is 1.79. The first-order chi connectivity index (χ1) is 11.6. The number of aryl methyl sites for hydroxylation is 1. The topological polar surface area (TPSA) is 6.48 Å². The summed E-state index contributed by atoms with van der Waals surface area (Å²) in [6, 6.07) is 12.7. The first kappa shape index (κ1) is 16.1. The third-order valence-corrected chi connectivity index (χ3v) is 6.43. The van der Waals surface area contributed by atoms with Gasteiger partial charge in [-0.2, -0.15) is 0 Å². The highest BCUT2D eigenvalue weighted by Crippen LogP contribution is 2.43. The van der Waals surface area contributed by atoms with Gasteiger partial charge in [0.1, 0.15) is 5.82 Å². The largest absolute Gasteiger partial charge is 0.304 e. The van der Waals surface area contributed by atoms with E-state index in [2.05, 4.69) is 47.2 Å². The van der Waals surface area contributed by atoms with Crippen LogP contribution in [-0.4, -0.2) is 43.0 Å². The molecule has 4 rings (SSSR count). The number of hydrogen-bond donors (Lipinski definition) is 0. The summed E-state index contributed by atoms with van der Waals surface area (Å²) in [5.74, 6) is -0.0993. The van der Waals surface area contributed by atoms with Crippen LogP contribution >= 0.6 is 11.8 Å². The van der Waals surface area contributed by atoms with Crippen molar-refractivity contribution >= 4 is 11.8 Å². The normalized spacial score (nSPS) is 21.9. The van der Waals surface area contributed by atoms with Crippen LogP contribution in [0.15, 0.2) is 46.2 Å². The Morgan fingerprint density at radius 3 is 2.58 bits per heavy atom. The molecule has 2 heterocycles. The highest BCUT2D eigenvalue weighted by Gasteiger charge is 2.29. The predicted molar refractivity (Wildman–Crippen MR) is 97.2 cm³/mol. The second-order valence-corrected chi connectivity index (χ2v) is 7.99. The summed E-state index contributed by atoms with van der Waals surface area (Å²) < 4.78 is 14.2. The molecule has 1 saturated heterocycles. The van der Waals surface area contributed by atoms with Gasteiger partial charge in [0.05, 0.1) is 0 Å². The lowest BCUT2D eigenvalue weighted by Gasteiger charge is -2.38. The third-order valence-electron chi connectivity index (χ3n) is 5.23. The van der Waals surface area contributed by atoms with E-state index in [-0.39, 0.29) is 5.82 Å². The quantitative estimate of drug-likeness (QED) is 0.769. The molecule has 2 nitrogen and oxygen atoms in total. The Morgan fingerprint density at radius 2 is 1.79 bits per heavy atom. The maximum Gasteiger partial charge on any atom is 0.127 e. The summed E-state index contributed by atoms with van der Waals surface area (Å²) in [7, 11) is 2.18. The van der Waals surface area contributed by atoms with Crippen LogP contribution in [0.5, 0.6) is 0 Å². The number of piperazine rings is 1. The standard InChI is InChI=1S/C20H23FN2S/c1-14-11-16-18(23-9-7-22(2)8-10-23)12-15-5-3-4-6-19(15)24-20(16)13-17(14)21/h3-6,11,13,18H,7-10,12H2,1-2H3/t18-/m1/s1. The van der Waals surface area contributed by atoms with Crippen LogP contribution in [-0.2, 0) is 6.42 Å². The van der Waals surface area contributed by atoms with Crippen LogP contribution in [0.1, 0.15) is 22.7 Å². The molecule has 0 bridgehead atoms. The fraction of sp³-hybridized carbons (Fsp3) is 0.400. The van der Waals surface area contributed by atoms with E-state index in [0.29, 0.717) is 6.04 Å². The maximum atomic E-state index is 14.2. The first-order valence-corrected chi connectivity index (χ1v) is 9.42. The number of rotatable bonds is 1. The summed E-state index contributed by atoms with van der Waals surface area (Å²) in [5, 5.41) is 0. The van der Waals surface area contributed by atoms with Crippen LogP contribution in [0.4, 0.5) is 4.39 Å². The minimum absolute atomic E-state index is 0.0993. The van der Waals surface area contributed by atoms with E-state index < -0.39 is 0 Å². The molecule has 0 amide bonds. The zero-order chi connectivity index (χ0) is 16.7. The number of halogens is 1. The molecule has 2 aromatic rings. The van der Waals surface area contributed by atoms with Crippen molar-refractivity contribution in [3.63, 3.8) is 0 Å². The van der Waals surface area contributed by atoms with Crippen LogP contribution in [0, 0.1) is 12.7 Å². The van der Waals surface area contributed by atoms with E-state index >= 15 is 0 Å². The van der Waals surface area contributed by atoms with Crippen molar-refractivity contribution in [3.05, 3.63) is 58.9 Å². The predicted octanol–water partition coefficient (Wildman–Crippen LogP) is 4.13. The van der Waals surface area contributed by atoms with Gasteiger partial charge in [0.2, 0.25) is 0 Å². The number of benzene rings is 2. The zero-order valence-electron chi connectivity index (χ0n) is 14.3. The average molecular weight is 342 g/mol. The van der Waals surface area contributed by atoms with Gasteiger partial charge in [0, 0.05) is 42.0 Å². The van der Waals surface area contributed by atoms with Gasteiger partial charge in [-0.3, -0.25) is 4.90 Å². The molecular weight excluding hydrogens is 319 g/mol. The molecular formula is C20H23FN2S. The van der Waals surface area contributed by atoms with Crippen molar-refractivity contribution in [2.75, 3.05) is 33.2 Å². The molecule has 4 heteroatoms. The zero-order valence-corrected chi connectivity index (χ0v) is 15.1. The van der Waals surface area contributed by atoms with E-state index in [0.717, 1.165) is 43.1 Å². The third kappa shape index (κ3) is 2.99. The van der Waals surface area contributed by atoms with Gasteiger partial charge in [-0.1, -0.05) is 36.0 Å². The molecule has 0 spiro atoms. The van der Waals surface area contributed by atoms with Crippen molar-refractivity contribution in [2.24, 2.45) is 0 Å². The Morgan fingerprint density at radius 1 is 1.04 bits per heavy atom. The van der Waals surface area contributed by atoms with Crippen molar-refractivity contribution < 1.29 is 4.39 Å². The monoisotopic (exact) mass is 342 g/mol. The van der Waals surface area contributed by atoms with Crippen LogP contribution in [0.2, 0.25) is 0 Å². The van der Waals surface area contributed by atoms with Crippen molar-refractivity contribution in [1.82, 2.24) is 9.80 Å². The number of fused-ring (bicyclic) bond motifs is 2. The van der Waals surface area contributed by atoms with Crippen molar-refractivity contribution in [1.29, 1.82) is 0 Å². The smallest absolute Gasteiger partial charge is 0.127 e. The van der Waals surface area contributed by atoms with Crippen LogP contribution < -0.4 is 0 Å². The van der Waals surface area contributed by atoms with Gasteiger partial charge >= 0.3 is 0 Å². The molecule has 24 heavy (non-hydrogen) atoms. The summed E-state index contributed by atoms with van der Waals surface area (Å²) in [6.07, 6.45) is 1.00. The Bertz CT molecular complexity index is 753. The Hall–Kier alpha value is -1.36. The van der Waals surface area contributed by atoms with E-state index in [1.807, 2.05) is 6.92 Å². The summed E-state index contributed by atoms with van der Waals surface area (Å²) >= 11 is 1.72. The number of hydrogen-bond acceptors (Lipinski definition) is 3.